The zero-order chi connectivity index (χ0) is 26.2. The number of aryl methyl sites for hydroxylation is 1. The van der Waals surface area contributed by atoms with Crippen molar-refractivity contribution in [1.82, 2.24) is 4.98 Å². The topological polar surface area (TPSA) is 50.3 Å². The summed E-state index contributed by atoms with van der Waals surface area (Å²) in [6.45, 7) is 16.3. The van der Waals surface area contributed by atoms with Crippen LogP contribution in [0, 0.1) is 6.92 Å². The van der Waals surface area contributed by atoms with Gasteiger partial charge < -0.3 is 4.90 Å². The molecule has 36 heavy (non-hydrogen) atoms. The molecular weight excluding hydrogens is 484 g/mol. The van der Waals surface area contributed by atoms with Crippen molar-refractivity contribution in [2.24, 2.45) is 0 Å². The van der Waals surface area contributed by atoms with E-state index in [0.29, 0.717) is 36.7 Å². The van der Waals surface area contributed by atoms with Gasteiger partial charge in [-0.2, -0.15) is 0 Å². The fraction of sp³-hybridized carbons (Fsp3) is 0.500. The SMILES string of the molecule is Cc1ccccc1-c1csc(N2CCC(S(=O)(=O)c3c(C(C)C)cc(C(C)C)cc3C(C)C)CC2)n1. The van der Waals surface area contributed by atoms with E-state index >= 15 is 0 Å². The zero-order valence-electron chi connectivity index (χ0n) is 22.7. The van der Waals surface area contributed by atoms with Crippen LogP contribution in [0.5, 0.6) is 0 Å². The number of hydrogen-bond donors (Lipinski definition) is 0. The van der Waals surface area contributed by atoms with Crippen LogP contribution in [0.2, 0.25) is 0 Å². The Kier molecular flexibility index (Phi) is 7.96. The Bertz CT molecular complexity index is 1290. The molecule has 1 saturated heterocycles. The van der Waals surface area contributed by atoms with Crippen molar-refractivity contribution in [3.63, 3.8) is 0 Å². The molecule has 2 aromatic carbocycles. The highest BCUT2D eigenvalue weighted by atomic mass is 32.2. The van der Waals surface area contributed by atoms with E-state index in [1.54, 1.807) is 11.3 Å². The Morgan fingerprint density at radius 3 is 2.03 bits per heavy atom. The van der Waals surface area contributed by atoms with Crippen molar-refractivity contribution in [2.75, 3.05) is 18.0 Å². The molecule has 194 valence electrons. The van der Waals surface area contributed by atoms with E-state index in [0.717, 1.165) is 27.5 Å². The summed E-state index contributed by atoms with van der Waals surface area (Å²) >= 11 is 1.65. The standard InChI is InChI=1S/C30H40N2O2S2/c1-19(2)23-16-26(20(3)4)29(27(17-23)21(5)6)36(33,34)24-12-14-32(15-13-24)30-31-28(18-35-30)25-11-9-8-10-22(25)7/h8-11,16-21,24H,12-15H2,1-7H3. The first-order valence-corrected chi connectivity index (χ1v) is 15.6. The van der Waals surface area contributed by atoms with Crippen LogP contribution in [0.25, 0.3) is 11.3 Å². The minimum Gasteiger partial charge on any atom is -0.348 e. The minimum absolute atomic E-state index is 0.154. The summed E-state index contributed by atoms with van der Waals surface area (Å²) in [4.78, 5) is 7.77. The van der Waals surface area contributed by atoms with Crippen LogP contribution in [0.4, 0.5) is 5.13 Å². The maximum atomic E-state index is 14.2. The van der Waals surface area contributed by atoms with Crippen molar-refractivity contribution in [3.05, 3.63) is 64.0 Å². The lowest BCUT2D eigenvalue weighted by Gasteiger charge is -2.33. The van der Waals surface area contributed by atoms with E-state index in [1.807, 2.05) is 12.1 Å². The van der Waals surface area contributed by atoms with Gasteiger partial charge in [0.15, 0.2) is 15.0 Å². The third-order valence-electron chi connectivity index (χ3n) is 7.43. The lowest BCUT2D eigenvalue weighted by atomic mass is 9.89. The van der Waals surface area contributed by atoms with Crippen molar-refractivity contribution >= 4 is 26.3 Å². The molecule has 1 aliphatic rings. The third-order valence-corrected chi connectivity index (χ3v) is 10.7. The van der Waals surface area contributed by atoms with Gasteiger partial charge in [-0.1, -0.05) is 77.9 Å². The molecule has 2 heterocycles. The van der Waals surface area contributed by atoms with Gasteiger partial charge in [-0.05, 0) is 59.8 Å². The largest absolute Gasteiger partial charge is 0.348 e. The molecule has 0 amide bonds. The van der Waals surface area contributed by atoms with Gasteiger partial charge in [0.2, 0.25) is 0 Å². The van der Waals surface area contributed by atoms with Crippen molar-refractivity contribution in [3.8, 4) is 11.3 Å². The summed E-state index contributed by atoms with van der Waals surface area (Å²) in [5.74, 6) is 0.672. The predicted octanol–water partition coefficient (Wildman–Crippen LogP) is 7.93. The average molecular weight is 525 g/mol. The first-order chi connectivity index (χ1) is 17.0. The van der Waals surface area contributed by atoms with E-state index in [-0.39, 0.29) is 17.1 Å². The van der Waals surface area contributed by atoms with Gasteiger partial charge in [0, 0.05) is 24.0 Å². The highest BCUT2D eigenvalue weighted by molar-refractivity contribution is 7.92. The van der Waals surface area contributed by atoms with Crippen LogP contribution in [-0.2, 0) is 9.84 Å². The van der Waals surface area contributed by atoms with Gasteiger partial charge in [0.1, 0.15) is 0 Å². The normalized spacial score (nSPS) is 15.4. The number of thiazole rings is 1. The summed E-state index contributed by atoms with van der Waals surface area (Å²) in [5, 5.41) is 2.74. The Morgan fingerprint density at radius 2 is 1.50 bits per heavy atom. The Morgan fingerprint density at radius 1 is 0.917 bits per heavy atom. The smallest absolute Gasteiger partial charge is 0.185 e. The Hall–Kier alpha value is -2.18. The number of anilines is 1. The highest BCUT2D eigenvalue weighted by Gasteiger charge is 2.36. The van der Waals surface area contributed by atoms with E-state index in [1.165, 1.54) is 11.1 Å². The fourth-order valence-corrected chi connectivity index (χ4v) is 8.43. The highest BCUT2D eigenvalue weighted by Crippen LogP contribution is 2.39. The number of hydrogen-bond acceptors (Lipinski definition) is 5. The lowest BCUT2D eigenvalue weighted by molar-refractivity contribution is 0.526. The predicted molar refractivity (Wildman–Crippen MR) is 153 cm³/mol. The molecule has 3 aromatic rings. The summed E-state index contributed by atoms with van der Waals surface area (Å²) in [5.41, 5.74) is 6.56. The summed E-state index contributed by atoms with van der Waals surface area (Å²) in [7, 11) is -3.45. The molecule has 0 saturated carbocycles. The van der Waals surface area contributed by atoms with Gasteiger partial charge in [0.25, 0.3) is 0 Å². The molecule has 0 N–H and O–H groups in total. The average Bonchev–Trinajstić information content (AvgIpc) is 3.33. The Balaban J connectivity index is 1.59. The second-order valence-corrected chi connectivity index (χ2v) is 14.1. The Labute approximate surface area is 221 Å². The van der Waals surface area contributed by atoms with Gasteiger partial charge >= 0.3 is 0 Å². The van der Waals surface area contributed by atoms with E-state index in [4.69, 9.17) is 4.98 Å². The molecule has 0 atom stereocenters. The molecule has 4 rings (SSSR count). The molecule has 1 fully saturated rings. The second-order valence-electron chi connectivity index (χ2n) is 11.1. The summed E-state index contributed by atoms with van der Waals surface area (Å²) < 4.78 is 28.3. The zero-order valence-corrected chi connectivity index (χ0v) is 24.3. The van der Waals surface area contributed by atoms with Gasteiger partial charge in [-0.3, -0.25) is 0 Å². The quantitative estimate of drug-likeness (QED) is 0.315. The molecule has 1 aliphatic heterocycles. The molecule has 0 aliphatic carbocycles. The third kappa shape index (κ3) is 5.26. The van der Waals surface area contributed by atoms with Crippen molar-refractivity contribution in [1.29, 1.82) is 0 Å². The number of rotatable bonds is 7. The minimum atomic E-state index is -3.45. The molecule has 4 nitrogen and oxygen atoms in total. The van der Waals surface area contributed by atoms with E-state index in [2.05, 4.69) is 83.0 Å². The molecule has 0 radical (unpaired) electrons. The summed E-state index contributed by atoms with van der Waals surface area (Å²) in [6.07, 6.45) is 1.26. The van der Waals surface area contributed by atoms with Crippen LogP contribution in [-0.4, -0.2) is 31.7 Å². The number of benzene rings is 2. The number of aromatic nitrogens is 1. The van der Waals surface area contributed by atoms with Gasteiger partial charge in [0.05, 0.1) is 15.8 Å². The summed E-state index contributed by atoms with van der Waals surface area (Å²) in [6, 6.07) is 12.6. The van der Waals surface area contributed by atoms with E-state index < -0.39 is 9.84 Å². The molecule has 1 aromatic heterocycles. The lowest BCUT2D eigenvalue weighted by Crippen LogP contribution is -2.39. The monoisotopic (exact) mass is 524 g/mol. The van der Waals surface area contributed by atoms with Gasteiger partial charge in [-0.25, -0.2) is 13.4 Å². The fourth-order valence-electron chi connectivity index (χ4n) is 5.14. The molecule has 0 bridgehead atoms. The molecule has 6 heteroatoms. The van der Waals surface area contributed by atoms with Crippen molar-refractivity contribution in [2.45, 2.75) is 89.2 Å². The maximum Gasteiger partial charge on any atom is 0.185 e. The second kappa shape index (κ2) is 10.7. The van der Waals surface area contributed by atoms with Crippen molar-refractivity contribution < 1.29 is 8.42 Å². The van der Waals surface area contributed by atoms with E-state index in [9.17, 15) is 8.42 Å². The maximum absolute atomic E-state index is 14.2. The molecule has 0 spiro atoms. The van der Waals surface area contributed by atoms with Gasteiger partial charge in [-0.15, -0.1) is 11.3 Å². The first kappa shape index (κ1) is 26.9. The van der Waals surface area contributed by atoms with Crippen LogP contribution >= 0.6 is 11.3 Å². The van der Waals surface area contributed by atoms with Crippen LogP contribution in [0.15, 0.2) is 46.7 Å². The van der Waals surface area contributed by atoms with Crippen LogP contribution < -0.4 is 4.90 Å². The molecular formula is C30H40N2O2S2. The number of sulfone groups is 1. The first-order valence-electron chi connectivity index (χ1n) is 13.2. The van der Waals surface area contributed by atoms with Crippen LogP contribution in [0.3, 0.4) is 0 Å². The van der Waals surface area contributed by atoms with Crippen LogP contribution in [0.1, 0.15) is 94.4 Å². The molecule has 0 unspecified atom stereocenters. The number of piperidine rings is 1. The number of nitrogens with zero attached hydrogens (tertiary/aromatic N) is 2.